The zero-order valence-corrected chi connectivity index (χ0v) is 10.9. The van der Waals surface area contributed by atoms with Gasteiger partial charge >= 0.3 is 0 Å². The Morgan fingerprint density at radius 1 is 1.21 bits per heavy atom. The molecule has 0 bridgehead atoms. The number of anilines is 1. The van der Waals surface area contributed by atoms with E-state index in [1.165, 1.54) is 24.4 Å². The Hall–Kier alpha value is -1.98. The second kappa shape index (κ2) is 5.34. The molecule has 0 aliphatic carbocycles. The smallest absolute Gasteiger partial charge is 0.259 e. The van der Waals surface area contributed by atoms with Crippen LogP contribution in [-0.2, 0) is 0 Å². The van der Waals surface area contributed by atoms with Crippen LogP contribution in [0.5, 0.6) is 11.5 Å². The molecule has 0 spiro atoms. The summed E-state index contributed by atoms with van der Waals surface area (Å²) in [6, 6.07) is 4.06. The number of carbonyl (C=O) groups is 1. The first-order chi connectivity index (χ1) is 8.99. The fraction of sp³-hybridized carbons (Fsp3) is 0. The summed E-state index contributed by atoms with van der Waals surface area (Å²) >= 11 is 11.5. The van der Waals surface area contributed by atoms with Crippen molar-refractivity contribution in [1.82, 2.24) is 4.98 Å². The van der Waals surface area contributed by atoms with Gasteiger partial charge in [0.1, 0.15) is 5.75 Å². The number of nitrogens with zero attached hydrogens (tertiary/aromatic N) is 1. The highest BCUT2D eigenvalue weighted by Crippen LogP contribution is 2.34. The van der Waals surface area contributed by atoms with E-state index in [1.807, 2.05) is 0 Å². The van der Waals surface area contributed by atoms with Crippen LogP contribution in [0.15, 0.2) is 30.6 Å². The molecule has 2 rings (SSSR count). The highest BCUT2D eigenvalue weighted by Gasteiger charge is 2.13. The summed E-state index contributed by atoms with van der Waals surface area (Å²) in [7, 11) is 0. The SMILES string of the molecule is O=C(Nc1cc(Cl)c(O)c(Cl)c1)c1ccncc1O. The second-order valence-corrected chi connectivity index (χ2v) is 4.45. The molecule has 98 valence electrons. The molecule has 1 aromatic carbocycles. The third kappa shape index (κ3) is 2.89. The molecule has 3 N–H and O–H groups in total. The predicted molar refractivity (Wildman–Crippen MR) is 72.0 cm³/mol. The number of pyridine rings is 1. The normalized spacial score (nSPS) is 10.2. The van der Waals surface area contributed by atoms with Gasteiger partial charge in [-0.3, -0.25) is 9.78 Å². The van der Waals surface area contributed by atoms with Crippen molar-refractivity contribution in [2.75, 3.05) is 5.32 Å². The molecule has 0 aliphatic rings. The topological polar surface area (TPSA) is 82.5 Å². The zero-order valence-electron chi connectivity index (χ0n) is 9.39. The maximum absolute atomic E-state index is 11.9. The van der Waals surface area contributed by atoms with Crippen molar-refractivity contribution >= 4 is 34.8 Å². The van der Waals surface area contributed by atoms with E-state index in [0.717, 1.165) is 6.20 Å². The Kier molecular flexibility index (Phi) is 3.78. The summed E-state index contributed by atoms with van der Waals surface area (Å²) in [5.41, 5.74) is 0.365. The highest BCUT2D eigenvalue weighted by molar-refractivity contribution is 6.37. The first kappa shape index (κ1) is 13.5. The van der Waals surface area contributed by atoms with Crippen LogP contribution in [0.3, 0.4) is 0 Å². The van der Waals surface area contributed by atoms with Gasteiger partial charge in [0.25, 0.3) is 5.91 Å². The predicted octanol–water partition coefficient (Wildman–Crippen LogP) is 3.05. The maximum atomic E-state index is 11.9. The quantitative estimate of drug-likeness (QED) is 0.744. The third-order valence-electron chi connectivity index (χ3n) is 2.32. The number of aromatic nitrogens is 1. The molecule has 0 fully saturated rings. The number of halogens is 2. The van der Waals surface area contributed by atoms with Gasteiger partial charge in [-0.2, -0.15) is 0 Å². The highest BCUT2D eigenvalue weighted by atomic mass is 35.5. The lowest BCUT2D eigenvalue weighted by atomic mass is 10.2. The summed E-state index contributed by atoms with van der Waals surface area (Å²) in [6.45, 7) is 0. The van der Waals surface area contributed by atoms with Crippen LogP contribution in [-0.4, -0.2) is 21.1 Å². The number of aromatic hydroxyl groups is 2. The Balaban J connectivity index is 2.27. The number of phenols is 1. The molecule has 7 heteroatoms. The fourth-order valence-corrected chi connectivity index (χ4v) is 1.90. The molecule has 5 nitrogen and oxygen atoms in total. The summed E-state index contributed by atoms with van der Waals surface area (Å²) in [5, 5.41) is 21.4. The average molecular weight is 299 g/mol. The number of hydrogen-bond donors (Lipinski definition) is 3. The van der Waals surface area contributed by atoms with E-state index >= 15 is 0 Å². The molecule has 1 heterocycles. The molecule has 1 amide bonds. The van der Waals surface area contributed by atoms with Gasteiger partial charge < -0.3 is 15.5 Å². The largest absolute Gasteiger partial charge is 0.505 e. The number of rotatable bonds is 2. The van der Waals surface area contributed by atoms with Gasteiger partial charge in [0.2, 0.25) is 0 Å². The van der Waals surface area contributed by atoms with Crippen molar-refractivity contribution < 1.29 is 15.0 Å². The lowest BCUT2D eigenvalue weighted by molar-refractivity contribution is 0.102. The van der Waals surface area contributed by atoms with Crippen molar-refractivity contribution in [2.45, 2.75) is 0 Å². The Bertz CT molecular complexity index is 624. The molecule has 2 aromatic rings. The molecular formula is C12H8Cl2N2O3. The average Bonchev–Trinajstić information content (AvgIpc) is 2.36. The number of hydrogen-bond acceptors (Lipinski definition) is 4. The monoisotopic (exact) mass is 298 g/mol. The fourth-order valence-electron chi connectivity index (χ4n) is 1.41. The number of carbonyl (C=O) groups excluding carboxylic acids is 1. The van der Waals surface area contributed by atoms with Crippen molar-refractivity contribution in [2.24, 2.45) is 0 Å². The van der Waals surface area contributed by atoms with E-state index in [1.54, 1.807) is 0 Å². The summed E-state index contributed by atoms with van der Waals surface area (Å²) < 4.78 is 0. The summed E-state index contributed by atoms with van der Waals surface area (Å²) in [6.07, 6.45) is 2.54. The maximum Gasteiger partial charge on any atom is 0.259 e. The minimum atomic E-state index is -0.544. The van der Waals surface area contributed by atoms with Crippen molar-refractivity contribution in [1.29, 1.82) is 0 Å². The van der Waals surface area contributed by atoms with Crippen LogP contribution in [0.25, 0.3) is 0 Å². The van der Waals surface area contributed by atoms with Gasteiger partial charge in [0.15, 0.2) is 5.75 Å². The van der Waals surface area contributed by atoms with Crippen molar-refractivity contribution in [3.05, 3.63) is 46.2 Å². The molecule has 19 heavy (non-hydrogen) atoms. The van der Waals surface area contributed by atoms with E-state index in [0.29, 0.717) is 5.69 Å². The molecular weight excluding hydrogens is 291 g/mol. The van der Waals surface area contributed by atoms with Crippen LogP contribution >= 0.6 is 23.2 Å². The van der Waals surface area contributed by atoms with E-state index in [9.17, 15) is 15.0 Å². The van der Waals surface area contributed by atoms with Gasteiger partial charge in [-0.05, 0) is 18.2 Å². The van der Waals surface area contributed by atoms with E-state index < -0.39 is 5.91 Å². The second-order valence-electron chi connectivity index (χ2n) is 3.64. The zero-order chi connectivity index (χ0) is 14.0. The summed E-state index contributed by atoms with van der Waals surface area (Å²) in [5.74, 6) is -1.04. The first-order valence-electron chi connectivity index (χ1n) is 5.11. The molecule has 0 radical (unpaired) electrons. The van der Waals surface area contributed by atoms with Gasteiger partial charge in [0.05, 0.1) is 21.8 Å². The van der Waals surface area contributed by atoms with Crippen LogP contribution in [0.1, 0.15) is 10.4 Å². The molecule has 1 aromatic heterocycles. The van der Waals surface area contributed by atoms with Gasteiger partial charge in [-0.25, -0.2) is 0 Å². The van der Waals surface area contributed by atoms with Crippen LogP contribution in [0.4, 0.5) is 5.69 Å². The standard InChI is InChI=1S/C12H8Cl2N2O3/c13-8-3-6(4-9(14)11(8)18)16-12(19)7-1-2-15-5-10(7)17/h1-5,17-18H,(H,16,19). The Labute approximate surface area is 118 Å². The van der Waals surface area contributed by atoms with E-state index in [4.69, 9.17) is 23.2 Å². The first-order valence-corrected chi connectivity index (χ1v) is 5.87. The molecule has 0 saturated heterocycles. The number of benzene rings is 1. The van der Waals surface area contributed by atoms with Gasteiger partial charge in [-0.1, -0.05) is 23.2 Å². The molecule has 0 saturated carbocycles. The van der Waals surface area contributed by atoms with Crippen LogP contribution in [0.2, 0.25) is 10.0 Å². The molecule has 0 aliphatic heterocycles. The third-order valence-corrected chi connectivity index (χ3v) is 2.90. The minimum absolute atomic E-state index is 0.0155. The lowest BCUT2D eigenvalue weighted by Crippen LogP contribution is -2.12. The lowest BCUT2D eigenvalue weighted by Gasteiger charge is -2.08. The van der Waals surface area contributed by atoms with Crippen molar-refractivity contribution in [3.63, 3.8) is 0 Å². The number of amides is 1. The number of nitrogens with one attached hydrogen (secondary N) is 1. The minimum Gasteiger partial charge on any atom is -0.505 e. The Morgan fingerprint density at radius 3 is 2.42 bits per heavy atom. The molecule has 0 unspecified atom stereocenters. The Morgan fingerprint density at radius 2 is 1.84 bits per heavy atom. The van der Waals surface area contributed by atoms with Crippen LogP contribution in [0, 0.1) is 0 Å². The van der Waals surface area contributed by atoms with Gasteiger partial charge in [-0.15, -0.1) is 0 Å². The molecule has 0 atom stereocenters. The number of phenolic OH excluding ortho intramolecular Hbond substituents is 1. The van der Waals surface area contributed by atoms with Gasteiger partial charge in [0, 0.05) is 11.9 Å². The van der Waals surface area contributed by atoms with Crippen molar-refractivity contribution in [3.8, 4) is 11.5 Å². The van der Waals surface area contributed by atoms with E-state index in [-0.39, 0.29) is 27.1 Å². The van der Waals surface area contributed by atoms with Crippen LogP contribution < -0.4 is 5.32 Å². The summed E-state index contributed by atoms with van der Waals surface area (Å²) in [4.78, 5) is 15.6. The van der Waals surface area contributed by atoms with E-state index in [2.05, 4.69) is 10.3 Å².